The zero-order chi connectivity index (χ0) is 15.9. The third-order valence-corrected chi connectivity index (χ3v) is 5.58. The Kier molecular flexibility index (Phi) is 6.71. The smallest absolute Gasteiger partial charge is 0.308 e. The van der Waals surface area contributed by atoms with E-state index in [9.17, 15) is 9.59 Å². The Morgan fingerprint density at radius 2 is 1.32 bits per heavy atom. The number of amides is 1. The molecular formula is C18H31NO3. The average Bonchev–Trinajstić information content (AvgIpc) is 2.52. The third-order valence-electron chi connectivity index (χ3n) is 5.58. The van der Waals surface area contributed by atoms with Gasteiger partial charge in [-0.3, -0.25) is 9.59 Å². The van der Waals surface area contributed by atoms with Crippen LogP contribution in [-0.4, -0.2) is 37.0 Å². The molecule has 0 spiro atoms. The van der Waals surface area contributed by atoms with Crippen molar-refractivity contribution in [3.05, 3.63) is 0 Å². The Bertz CT molecular complexity index is 367. The highest BCUT2D eigenvalue weighted by Crippen LogP contribution is 2.32. The Hall–Kier alpha value is -1.06. The standard InChI is InChI=1S/C18H31NO3/c1-19(16-8-6-4-3-5-7-9-16)17(20)14-10-12-15(13-11-14)18(21)22-2/h14-16H,3-13H2,1-2H3. The van der Waals surface area contributed by atoms with E-state index in [0.29, 0.717) is 11.9 Å². The molecule has 2 aliphatic carbocycles. The monoisotopic (exact) mass is 309 g/mol. The predicted molar refractivity (Wildman–Crippen MR) is 86.3 cm³/mol. The molecule has 0 N–H and O–H groups in total. The first kappa shape index (κ1) is 17.3. The minimum absolute atomic E-state index is 0.000694. The van der Waals surface area contributed by atoms with Crippen LogP contribution in [-0.2, 0) is 14.3 Å². The van der Waals surface area contributed by atoms with Crippen LogP contribution in [0.15, 0.2) is 0 Å². The number of carbonyl (C=O) groups is 2. The lowest BCUT2D eigenvalue weighted by Crippen LogP contribution is -2.42. The van der Waals surface area contributed by atoms with Crippen LogP contribution in [0.5, 0.6) is 0 Å². The summed E-state index contributed by atoms with van der Waals surface area (Å²) in [6.45, 7) is 0. The fraction of sp³-hybridized carbons (Fsp3) is 0.889. The number of hydrogen-bond donors (Lipinski definition) is 0. The highest BCUT2D eigenvalue weighted by Gasteiger charge is 2.33. The number of hydrogen-bond acceptors (Lipinski definition) is 3. The highest BCUT2D eigenvalue weighted by atomic mass is 16.5. The highest BCUT2D eigenvalue weighted by molar-refractivity contribution is 5.79. The molecular weight excluding hydrogens is 278 g/mol. The Labute approximate surface area is 134 Å². The van der Waals surface area contributed by atoms with Crippen molar-refractivity contribution in [2.75, 3.05) is 14.2 Å². The van der Waals surface area contributed by atoms with Crippen LogP contribution in [0.25, 0.3) is 0 Å². The van der Waals surface area contributed by atoms with E-state index in [-0.39, 0.29) is 17.8 Å². The molecule has 0 aromatic carbocycles. The number of nitrogens with zero attached hydrogens (tertiary/aromatic N) is 1. The lowest BCUT2D eigenvalue weighted by atomic mass is 9.81. The normalized spacial score (nSPS) is 27.5. The van der Waals surface area contributed by atoms with Crippen molar-refractivity contribution >= 4 is 11.9 Å². The molecule has 2 rings (SSSR count). The molecule has 0 aromatic heterocycles. The quantitative estimate of drug-likeness (QED) is 0.749. The van der Waals surface area contributed by atoms with Gasteiger partial charge in [0.2, 0.25) is 5.91 Å². The van der Waals surface area contributed by atoms with Crippen LogP contribution >= 0.6 is 0 Å². The lowest BCUT2D eigenvalue weighted by molar-refractivity contribution is -0.148. The van der Waals surface area contributed by atoms with E-state index in [0.717, 1.165) is 38.5 Å². The second-order valence-corrected chi connectivity index (χ2v) is 7.02. The van der Waals surface area contributed by atoms with Crippen LogP contribution in [0.1, 0.15) is 70.6 Å². The van der Waals surface area contributed by atoms with Gasteiger partial charge in [0.05, 0.1) is 13.0 Å². The SMILES string of the molecule is COC(=O)C1CCC(C(=O)N(C)C2CCCCCCC2)CC1. The molecule has 126 valence electrons. The molecule has 0 aliphatic heterocycles. The van der Waals surface area contributed by atoms with Crippen molar-refractivity contribution in [3.8, 4) is 0 Å². The van der Waals surface area contributed by atoms with E-state index in [1.165, 1.54) is 39.2 Å². The van der Waals surface area contributed by atoms with E-state index in [2.05, 4.69) is 0 Å². The van der Waals surface area contributed by atoms with E-state index < -0.39 is 0 Å². The minimum atomic E-state index is -0.112. The van der Waals surface area contributed by atoms with E-state index in [4.69, 9.17) is 4.74 Å². The maximum absolute atomic E-state index is 12.8. The minimum Gasteiger partial charge on any atom is -0.469 e. The first-order valence-corrected chi connectivity index (χ1v) is 8.98. The van der Waals surface area contributed by atoms with Crippen molar-refractivity contribution in [2.45, 2.75) is 76.7 Å². The van der Waals surface area contributed by atoms with Gasteiger partial charge in [0.1, 0.15) is 0 Å². The summed E-state index contributed by atoms with van der Waals surface area (Å²) in [7, 11) is 3.43. The fourth-order valence-corrected chi connectivity index (χ4v) is 4.03. The molecule has 4 heteroatoms. The summed E-state index contributed by atoms with van der Waals surface area (Å²) in [6, 6.07) is 0.422. The molecule has 0 heterocycles. The summed E-state index contributed by atoms with van der Waals surface area (Å²) in [6.07, 6.45) is 12.0. The second-order valence-electron chi connectivity index (χ2n) is 7.02. The van der Waals surface area contributed by atoms with Crippen molar-refractivity contribution < 1.29 is 14.3 Å². The maximum atomic E-state index is 12.8. The lowest BCUT2D eigenvalue weighted by Gasteiger charge is -2.34. The van der Waals surface area contributed by atoms with Gasteiger partial charge in [0.15, 0.2) is 0 Å². The molecule has 0 atom stereocenters. The Morgan fingerprint density at radius 3 is 1.86 bits per heavy atom. The molecule has 2 fully saturated rings. The van der Waals surface area contributed by atoms with Gasteiger partial charge in [0, 0.05) is 19.0 Å². The summed E-state index contributed by atoms with van der Waals surface area (Å²) >= 11 is 0. The average molecular weight is 309 g/mol. The molecule has 0 radical (unpaired) electrons. The van der Waals surface area contributed by atoms with Gasteiger partial charge < -0.3 is 9.64 Å². The van der Waals surface area contributed by atoms with Crippen molar-refractivity contribution in [3.63, 3.8) is 0 Å². The van der Waals surface area contributed by atoms with Crippen LogP contribution in [0.4, 0.5) is 0 Å². The van der Waals surface area contributed by atoms with Crippen LogP contribution in [0.2, 0.25) is 0 Å². The van der Waals surface area contributed by atoms with Gasteiger partial charge in [0.25, 0.3) is 0 Å². The Morgan fingerprint density at radius 1 is 0.818 bits per heavy atom. The van der Waals surface area contributed by atoms with Crippen molar-refractivity contribution in [2.24, 2.45) is 11.8 Å². The molecule has 0 bridgehead atoms. The molecule has 1 amide bonds. The molecule has 0 aromatic rings. The van der Waals surface area contributed by atoms with Gasteiger partial charge in [-0.05, 0) is 38.5 Å². The van der Waals surface area contributed by atoms with Gasteiger partial charge in [-0.15, -0.1) is 0 Å². The number of rotatable bonds is 3. The first-order valence-electron chi connectivity index (χ1n) is 8.98. The molecule has 22 heavy (non-hydrogen) atoms. The summed E-state index contributed by atoms with van der Waals surface area (Å²) in [5.74, 6) is 0.297. The number of esters is 1. The van der Waals surface area contributed by atoms with Gasteiger partial charge in [-0.25, -0.2) is 0 Å². The first-order chi connectivity index (χ1) is 10.6. The third kappa shape index (κ3) is 4.47. The Balaban J connectivity index is 1.84. The van der Waals surface area contributed by atoms with Gasteiger partial charge in [-0.2, -0.15) is 0 Å². The second kappa shape index (κ2) is 8.54. The topological polar surface area (TPSA) is 46.6 Å². The van der Waals surface area contributed by atoms with Crippen LogP contribution in [0.3, 0.4) is 0 Å². The van der Waals surface area contributed by atoms with Gasteiger partial charge >= 0.3 is 5.97 Å². The van der Waals surface area contributed by atoms with Crippen molar-refractivity contribution in [1.29, 1.82) is 0 Å². The predicted octanol–water partition coefficient (Wildman–Crippen LogP) is 3.54. The molecule has 4 nitrogen and oxygen atoms in total. The van der Waals surface area contributed by atoms with E-state index in [1.54, 1.807) is 0 Å². The molecule has 0 unspecified atom stereocenters. The van der Waals surface area contributed by atoms with Crippen LogP contribution < -0.4 is 0 Å². The zero-order valence-corrected chi connectivity index (χ0v) is 14.2. The molecule has 2 aliphatic rings. The number of carbonyl (C=O) groups excluding carboxylic acids is 2. The van der Waals surface area contributed by atoms with Crippen LogP contribution in [0, 0.1) is 11.8 Å². The maximum Gasteiger partial charge on any atom is 0.308 e. The largest absolute Gasteiger partial charge is 0.469 e. The molecule has 2 saturated carbocycles. The number of ether oxygens (including phenoxy) is 1. The summed E-state index contributed by atoms with van der Waals surface area (Å²) in [5, 5.41) is 0. The number of methoxy groups -OCH3 is 1. The summed E-state index contributed by atoms with van der Waals surface area (Å²) < 4.78 is 4.82. The zero-order valence-electron chi connectivity index (χ0n) is 14.2. The van der Waals surface area contributed by atoms with E-state index >= 15 is 0 Å². The fourth-order valence-electron chi connectivity index (χ4n) is 4.03. The molecule has 0 saturated heterocycles. The summed E-state index contributed by atoms with van der Waals surface area (Å²) in [5.41, 5.74) is 0. The van der Waals surface area contributed by atoms with Crippen molar-refractivity contribution in [1.82, 2.24) is 4.90 Å². The van der Waals surface area contributed by atoms with Gasteiger partial charge in [-0.1, -0.05) is 32.1 Å². The van der Waals surface area contributed by atoms with E-state index in [1.807, 2.05) is 11.9 Å². The summed E-state index contributed by atoms with van der Waals surface area (Å²) in [4.78, 5) is 26.4.